The number of benzene rings is 1. The molecule has 3 heteroatoms. The molecule has 3 nitrogen and oxygen atoms in total. The fourth-order valence-corrected chi connectivity index (χ4v) is 1.54. The van der Waals surface area contributed by atoms with Gasteiger partial charge in [0.05, 0.1) is 0 Å². The summed E-state index contributed by atoms with van der Waals surface area (Å²) in [5.74, 6) is 1.22. The molecule has 0 saturated carbocycles. The first-order valence-corrected chi connectivity index (χ1v) is 5.75. The Morgan fingerprint density at radius 1 is 0.944 bits per heavy atom. The van der Waals surface area contributed by atoms with Gasteiger partial charge in [0.1, 0.15) is 11.6 Å². The molecule has 0 atom stereocenters. The van der Waals surface area contributed by atoms with Crippen LogP contribution >= 0.6 is 0 Å². The molecule has 0 radical (unpaired) electrons. The Balaban J connectivity index is 2.11. The molecule has 2 rings (SSSR count). The lowest BCUT2D eigenvalue weighted by Crippen LogP contribution is -2.09. The molecule has 0 aliphatic heterocycles. The standard InChI is InChI=1S/C15H16N2O/c1-17(2)15-10-7-13(11-16-15)4-3-12-5-8-14(18)9-6-12/h3-11,18H,1-2H3/b4-3+. The molecule has 92 valence electrons. The second-order valence-corrected chi connectivity index (χ2v) is 4.27. The summed E-state index contributed by atoms with van der Waals surface area (Å²) in [5.41, 5.74) is 2.10. The van der Waals surface area contributed by atoms with Crippen molar-refractivity contribution in [3.05, 3.63) is 53.7 Å². The second kappa shape index (κ2) is 5.36. The van der Waals surface area contributed by atoms with E-state index in [0.29, 0.717) is 0 Å². The normalized spacial score (nSPS) is 10.8. The zero-order chi connectivity index (χ0) is 13.0. The third kappa shape index (κ3) is 3.10. The molecule has 0 spiro atoms. The van der Waals surface area contributed by atoms with E-state index in [2.05, 4.69) is 4.98 Å². The molecule has 1 aromatic heterocycles. The lowest BCUT2D eigenvalue weighted by molar-refractivity contribution is 0.475. The van der Waals surface area contributed by atoms with Gasteiger partial charge < -0.3 is 10.0 Å². The average Bonchev–Trinajstić information content (AvgIpc) is 2.38. The number of aromatic hydroxyl groups is 1. The van der Waals surface area contributed by atoms with Gasteiger partial charge in [0, 0.05) is 20.3 Å². The van der Waals surface area contributed by atoms with Gasteiger partial charge in [-0.1, -0.05) is 24.3 Å². The van der Waals surface area contributed by atoms with Crippen molar-refractivity contribution < 1.29 is 5.11 Å². The van der Waals surface area contributed by atoms with Crippen LogP contribution in [0.1, 0.15) is 11.1 Å². The highest BCUT2D eigenvalue weighted by Gasteiger charge is 1.95. The number of phenolic OH excluding ortho intramolecular Hbond substituents is 1. The largest absolute Gasteiger partial charge is 0.508 e. The molecule has 0 amide bonds. The van der Waals surface area contributed by atoms with E-state index in [1.807, 2.05) is 61.6 Å². The van der Waals surface area contributed by atoms with Gasteiger partial charge >= 0.3 is 0 Å². The van der Waals surface area contributed by atoms with Crippen molar-refractivity contribution in [2.75, 3.05) is 19.0 Å². The van der Waals surface area contributed by atoms with E-state index in [-0.39, 0.29) is 5.75 Å². The summed E-state index contributed by atoms with van der Waals surface area (Å²) in [6, 6.07) is 11.1. The minimum absolute atomic E-state index is 0.282. The molecule has 0 bridgehead atoms. The fourth-order valence-electron chi connectivity index (χ4n) is 1.54. The van der Waals surface area contributed by atoms with E-state index in [0.717, 1.165) is 16.9 Å². The number of hydrogen-bond donors (Lipinski definition) is 1. The van der Waals surface area contributed by atoms with Crippen LogP contribution in [0.5, 0.6) is 5.75 Å². The minimum atomic E-state index is 0.282. The highest BCUT2D eigenvalue weighted by molar-refractivity contribution is 5.69. The monoisotopic (exact) mass is 240 g/mol. The maximum absolute atomic E-state index is 9.19. The van der Waals surface area contributed by atoms with Gasteiger partial charge in [-0.25, -0.2) is 4.98 Å². The molecular weight excluding hydrogens is 224 g/mol. The summed E-state index contributed by atoms with van der Waals surface area (Å²) < 4.78 is 0. The number of hydrogen-bond acceptors (Lipinski definition) is 3. The summed E-state index contributed by atoms with van der Waals surface area (Å²) >= 11 is 0. The molecular formula is C15H16N2O. The van der Waals surface area contributed by atoms with Crippen LogP contribution in [0, 0.1) is 0 Å². The maximum Gasteiger partial charge on any atom is 0.127 e. The smallest absolute Gasteiger partial charge is 0.127 e. The van der Waals surface area contributed by atoms with Gasteiger partial charge in [0.25, 0.3) is 0 Å². The predicted octanol–water partition coefficient (Wildman–Crippen LogP) is 3.02. The maximum atomic E-state index is 9.19. The van der Waals surface area contributed by atoms with Crippen LogP contribution in [0.25, 0.3) is 12.2 Å². The van der Waals surface area contributed by atoms with Gasteiger partial charge in [-0.3, -0.25) is 0 Å². The van der Waals surface area contributed by atoms with Crippen molar-refractivity contribution in [1.29, 1.82) is 0 Å². The van der Waals surface area contributed by atoms with Crippen LogP contribution < -0.4 is 4.90 Å². The SMILES string of the molecule is CN(C)c1ccc(/C=C/c2ccc(O)cc2)cn1. The zero-order valence-electron chi connectivity index (χ0n) is 10.5. The van der Waals surface area contributed by atoms with Gasteiger partial charge in [-0.2, -0.15) is 0 Å². The van der Waals surface area contributed by atoms with Gasteiger partial charge in [-0.15, -0.1) is 0 Å². The zero-order valence-corrected chi connectivity index (χ0v) is 10.5. The molecule has 0 saturated heterocycles. The van der Waals surface area contributed by atoms with Gasteiger partial charge in [0.15, 0.2) is 0 Å². The van der Waals surface area contributed by atoms with E-state index in [9.17, 15) is 5.11 Å². The fraction of sp³-hybridized carbons (Fsp3) is 0.133. The van der Waals surface area contributed by atoms with Crippen LogP contribution in [0.15, 0.2) is 42.6 Å². The highest BCUT2D eigenvalue weighted by Crippen LogP contribution is 2.13. The van der Waals surface area contributed by atoms with Crippen molar-refractivity contribution in [3.8, 4) is 5.75 Å². The molecule has 0 aliphatic rings. The Hall–Kier alpha value is -2.29. The Bertz CT molecular complexity index is 527. The van der Waals surface area contributed by atoms with E-state index in [1.54, 1.807) is 12.1 Å². The first-order valence-electron chi connectivity index (χ1n) is 5.75. The van der Waals surface area contributed by atoms with E-state index >= 15 is 0 Å². The Kier molecular flexibility index (Phi) is 3.63. The molecule has 0 aliphatic carbocycles. The summed E-state index contributed by atoms with van der Waals surface area (Å²) in [5, 5.41) is 9.19. The molecule has 0 fully saturated rings. The Morgan fingerprint density at radius 3 is 2.11 bits per heavy atom. The van der Waals surface area contributed by atoms with Crippen molar-refractivity contribution >= 4 is 18.0 Å². The number of pyridine rings is 1. The van der Waals surface area contributed by atoms with Crippen molar-refractivity contribution in [2.45, 2.75) is 0 Å². The minimum Gasteiger partial charge on any atom is -0.508 e. The highest BCUT2D eigenvalue weighted by atomic mass is 16.3. The van der Waals surface area contributed by atoms with Gasteiger partial charge in [0.2, 0.25) is 0 Å². The number of aromatic nitrogens is 1. The summed E-state index contributed by atoms with van der Waals surface area (Å²) in [7, 11) is 3.93. The summed E-state index contributed by atoms with van der Waals surface area (Å²) in [6.45, 7) is 0. The lowest BCUT2D eigenvalue weighted by atomic mass is 10.1. The van der Waals surface area contributed by atoms with E-state index < -0.39 is 0 Å². The first kappa shape index (κ1) is 12.2. The van der Waals surface area contributed by atoms with E-state index in [4.69, 9.17) is 0 Å². The molecule has 1 N–H and O–H groups in total. The van der Waals surface area contributed by atoms with Crippen molar-refractivity contribution in [2.24, 2.45) is 0 Å². The number of rotatable bonds is 3. The molecule has 2 aromatic rings. The van der Waals surface area contributed by atoms with Crippen LogP contribution in [-0.2, 0) is 0 Å². The Morgan fingerprint density at radius 2 is 1.56 bits per heavy atom. The van der Waals surface area contributed by atoms with Crippen LogP contribution in [0.2, 0.25) is 0 Å². The molecule has 18 heavy (non-hydrogen) atoms. The number of phenols is 1. The quantitative estimate of drug-likeness (QED) is 0.895. The number of nitrogens with zero attached hydrogens (tertiary/aromatic N) is 2. The van der Waals surface area contributed by atoms with Crippen molar-refractivity contribution in [3.63, 3.8) is 0 Å². The topological polar surface area (TPSA) is 36.4 Å². The van der Waals surface area contributed by atoms with Crippen LogP contribution in [-0.4, -0.2) is 24.2 Å². The molecule has 1 aromatic carbocycles. The summed E-state index contributed by atoms with van der Waals surface area (Å²) in [6.07, 6.45) is 5.83. The van der Waals surface area contributed by atoms with E-state index in [1.165, 1.54) is 0 Å². The summed E-state index contributed by atoms with van der Waals surface area (Å²) in [4.78, 5) is 6.31. The Labute approximate surface area is 107 Å². The first-order chi connectivity index (χ1) is 8.65. The predicted molar refractivity (Wildman–Crippen MR) is 75.6 cm³/mol. The molecule has 1 heterocycles. The molecule has 0 unspecified atom stereocenters. The number of anilines is 1. The third-order valence-corrected chi connectivity index (χ3v) is 2.59. The third-order valence-electron chi connectivity index (χ3n) is 2.59. The second-order valence-electron chi connectivity index (χ2n) is 4.27. The van der Waals surface area contributed by atoms with Crippen molar-refractivity contribution in [1.82, 2.24) is 4.98 Å². The van der Waals surface area contributed by atoms with Gasteiger partial charge in [-0.05, 0) is 35.4 Å². The van der Waals surface area contributed by atoms with Crippen LogP contribution in [0.3, 0.4) is 0 Å². The average molecular weight is 240 g/mol. The van der Waals surface area contributed by atoms with Crippen LogP contribution in [0.4, 0.5) is 5.82 Å². The lowest BCUT2D eigenvalue weighted by Gasteiger charge is -2.10.